The summed E-state index contributed by atoms with van der Waals surface area (Å²) in [7, 11) is 4.19. The van der Waals surface area contributed by atoms with Crippen LogP contribution in [0.1, 0.15) is 6.92 Å². The summed E-state index contributed by atoms with van der Waals surface area (Å²) in [5, 5.41) is 5.34. The van der Waals surface area contributed by atoms with Crippen molar-refractivity contribution in [1.29, 1.82) is 0 Å². The van der Waals surface area contributed by atoms with E-state index in [9.17, 15) is 4.79 Å². The van der Waals surface area contributed by atoms with Crippen LogP contribution in [0.5, 0.6) is 0 Å². The van der Waals surface area contributed by atoms with E-state index in [1.165, 1.54) is 32.7 Å². The summed E-state index contributed by atoms with van der Waals surface area (Å²) >= 11 is 0. The number of aryl methyl sites for hydroxylation is 2. The minimum atomic E-state index is -0.564. The van der Waals surface area contributed by atoms with E-state index in [0.717, 1.165) is 10.9 Å². The summed E-state index contributed by atoms with van der Waals surface area (Å²) in [6.07, 6.45) is -0.564. The minimum Gasteiger partial charge on any atom is -0.448 e. The predicted octanol–water partition coefficient (Wildman–Crippen LogP) is 5.03. The van der Waals surface area contributed by atoms with Crippen LogP contribution in [-0.2, 0) is 18.8 Å². The second-order valence-corrected chi connectivity index (χ2v) is 7.20. The lowest BCUT2D eigenvalue weighted by Crippen LogP contribution is -2.10. The molecule has 1 amide bonds. The second-order valence-electron chi connectivity index (χ2n) is 7.20. The Labute approximate surface area is 167 Å². The Morgan fingerprint density at radius 1 is 0.862 bits per heavy atom. The molecule has 5 aromatic rings. The highest BCUT2D eigenvalue weighted by atomic mass is 16.5. The molecule has 0 saturated carbocycles. The molecule has 0 saturated heterocycles. The summed E-state index contributed by atoms with van der Waals surface area (Å²) in [6.45, 7) is 2.09. The van der Waals surface area contributed by atoms with Crippen molar-refractivity contribution in [3.63, 3.8) is 0 Å². The maximum Gasteiger partial charge on any atom is 0.434 e. The number of aromatic nitrogens is 2. The number of amides is 1. The van der Waals surface area contributed by atoms with E-state index in [4.69, 9.17) is 4.74 Å². The monoisotopic (exact) mass is 383 g/mol. The summed E-state index contributed by atoms with van der Waals surface area (Å²) in [5.41, 5.74) is 4.56. The van der Waals surface area contributed by atoms with Gasteiger partial charge in [-0.3, -0.25) is 0 Å². The van der Waals surface area contributed by atoms with Crippen molar-refractivity contribution in [1.82, 2.24) is 9.13 Å². The van der Waals surface area contributed by atoms with Gasteiger partial charge in [-0.15, -0.1) is 0 Å². The SMILES string of the molecule is CCOC(=O)N=c1ccc2c3cccc4c3c(c3ccccc3n4C)n(C)c2c1. The van der Waals surface area contributed by atoms with Crippen molar-refractivity contribution < 1.29 is 9.53 Å². The molecule has 2 heterocycles. The second kappa shape index (κ2) is 6.48. The number of carbonyl (C=O) groups is 1. The van der Waals surface area contributed by atoms with E-state index in [1.54, 1.807) is 6.92 Å². The first-order valence-corrected chi connectivity index (χ1v) is 9.70. The van der Waals surface area contributed by atoms with E-state index in [2.05, 4.69) is 70.7 Å². The smallest absolute Gasteiger partial charge is 0.434 e. The van der Waals surface area contributed by atoms with Gasteiger partial charge in [-0.25, -0.2) is 4.79 Å². The van der Waals surface area contributed by atoms with Crippen molar-refractivity contribution in [3.05, 3.63) is 66.0 Å². The Balaban J connectivity index is 2.00. The van der Waals surface area contributed by atoms with Crippen LogP contribution in [0, 0.1) is 0 Å². The molecule has 2 aromatic heterocycles. The largest absolute Gasteiger partial charge is 0.448 e. The number of rotatable bonds is 1. The van der Waals surface area contributed by atoms with Gasteiger partial charge in [-0.05, 0) is 36.6 Å². The molecule has 0 spiro atoms. The van der Waals surface area contributed by atoms with Crippen LogP contribution in [0.2, 0.25) is 0 Å². The van der Waals surface area contributed by atoms with Gasteiger partial charge in [0.05, 0.1) is 34.0 Å². The van der Waals surface area contributed by atoms with Gasteiger partial charge in [0.2, 0.25) is 0 Å². The van der Waals surface area contributed by atoms with Gasteiger partial charge in [0, 0.05) is 30.3 Å². The van der Waals surface area contributed by atoms with E-state index in [1.807, 2.05) is 18.2 Å². The Kier molecular flexibility index (Phi) is 3.91. The third kappa shape index (κ3) is 2.54. The summed E-state index contributed by atoms with van der Waals surface area (Å²) in [5.74, 6) is 0. The number of pyridine rings is 2. The van der Waals surface area contributed by atoms with E-state index in [0.29, 0.717) is 12.0 Å². The number of nitrogens with zero attached hydrogens (tertiary/aromatic N) is 3. The normalized spacial score (nSPS) is 12.4. The average Bonchev–Trinajstić information content (AvgIpc) is 2.73. The van der Waals surface area contributed by atoms with Crippen molar-refractivity contribution in [3.8, 4) is 0 Å². The first-order valence-electron chi connectivity index (χ1n) is 9.70. The van der Waals surface area contributed by atoms with Crippen LogP contribution < -0.4 is 5.36 Å². The molecule has 0 bridgehead atoms. The Morgan fingerprint density at radius 3 is 2.45 bits per heavy atom. The molecule has 3 aromatic carbocycles. The van der Waals surface area contributed by atoms with Crippen LogP contribution in [0.25, 0.3) is 43.6 Å². The molecule has 0 aliphatic carbocycles. The average molecular weight is 383 g/mol. The van der Waals surface area contributed by atoms with Gasteiger partial charge >= 0.3 is 6.09 Å². The lowest BCUT2D eigenvalue weighted by molar-refractivity contribution is 0.162. The standard InChI is InChI=1S/C24H21N3O2/c1-4-29-24(28)25-15-12-13-16-17-9-7-11-20-22(17)23(27(3)21(16)14-15)18-8-5-6-10-19(18)26(20)2/h5-14H,4H2,1-3H3. The fraction of sp³-hybridized carbons (Fsp3) is 0.167. The van der Waals surface area contributed by atoms with E-state index >= 15 is 0 Å². The number of fused-ring (bicyclic) bond motifs is 4. The molecule has 0 aliphatic rings. The maximum absolute atomic E-state index is 11.8. The van der Waals surface area contributed by atoms with Gasteiger partial charge < -0.3 is 13.9 Å². The topological polar surface area (TPSA) is 48.5 Å². The summed E-state index contributed by atoms with van der Waals surface area (Å²) in [4.78, 5) is 15.9. The third-order valence-corrected chi connectivity index (χ3v) is 5.62. The van der Waals surface area contributed by atoms with Crippen LogP contribution in [0.3, 0.4) is 0 Å². The molecule has 5 rings (SSSR count). The molecule has 0 unspecified atom stereocenters. The molecule has 0 fully saturated rings. The molecule has 5 heteroatoms. The number of benzene rings is 3. The maximum atomic E-state index is 11.8. The highest BCUT2D eigenvalue weighted by Gasteiger charge is 2.15. The van der Waals surface area contributed by atoms with Crippen molar-refractivity contribution in [2.24, 2.45) is 19.1 Å². The number of para-hydroxylation sites is 1. The molecule has 0 atom stereocenters. The lowest BCUT2D eigenvalue weighted by atomic mass is 9.99. The van der Waals surface area contributed by atoms with Gasteiger partial charge in [-0.1, -0.05) is 36.4 Å². The molecule has 144 valence electrons. The first-order chi connectivity index (χ1) is 14.1. The van der Waals surface area contributed by atoms with Gasteiger partial charge in [0.15, 0.2) is 0 Å². The zero-order chi connectivity index (χ0) is 20.1. The zero-order valence-corrected chi connectivity index (χ0v) is 16.6. The number of ether oxygens (including phenoxy) is 1. The number of carbonyl (C=O) groups excluding carboxylic acids is 1. The Morgan fingerprint density at radius 2 is 1.62 bits per heavy atom. The molecule has 29 heavy (non-hydrogen) atoms. The highest BCUT2D eigenvalue weighted by molar-refractivity contribution is 6.24. The Bertz CT molecular complexity index is 1510. The molecule has 5 nitrogen and oxygen atoms in total. The van der Waals surface area contributed by atoms with Crippen LogP contribution in [0.15, 0.2) is 65.7 Å². The van der Waals surface area contributed by atoms with Crippen LogP contribution >= 0.6 is 0 Å². The lowest BCUT2D eigenvalue weighted by Gasteiger charge is -2.20. The van der Waals surface area contributed by atoms with Crippen molar-refractivity contribution in [2.45, 2.75) is 6.92 Å². The molecular formula is C24H21N3O2. The molecule has 0 radical (unpaired) electrons. The van der Waals surface area contributed by atoms with Gasteiger partial charge in [0.1, 0.15) is 0 Å². The molecule has 0 N–H and O–H groups in total. The predicted molar refractivity (Wildman–Crippen MR) is 117 cm³/mol. The first kappa shape index (κ1) is 17.5. The van der Waals surface area contributed by atoms with E-state index in [-0.39, 0.29) is 0 Å². The zero-order valence-electron chi connectivity index (χ0n) is 16.6. The fourth-order valence-electron chi connectivity index (χ4n) is 4.35. The number of hydrogen-bond acceptors (Lipinski definition) is 2. The van der Waals surface area contributed by atoms with Gasteiger partial charge in [-0.2, -0.15) is 4.99 Å². The van der Waals surface area contributed by atoms with Crippen LogP contribution in [0.4, 0.5) is 4.79 Å². The van der Waals surface area contributed by atoms with Crippen LogP contribution in [-0.4, -0.2) is 21.8 Å². The fourth-order valence-corrected chi connectivity index (χ4v) is 4.35. The highest BCUT2D eigenvalue weighted by Crippen LogP contribution is 2.36. The molecular weight excluding hydrogens is 362 g/mol. The number of hydrogen-bond donors (Lipinski definition) is 0. The minimum absolute atomic E-state index is 0.311. The Hall–Kier alpha value is -3.60. The quantitative estimate of drug-likeness (QED) is 0.301. The van der Waals surface area contributed by atoms with Gasteiger partial charge in [0.25, 0.3) is 0 Å². The summed E-state index contributed by atoms with van der Waals surface area (Å²) < 4.78 is 9.42. The third-order valence-electron chi connectivity index (χ3n) is 5.62. The van der Waals surface area contributed by atoms with E-state index < -0.39 is 6.09 Å². The molecule has 0 aliphatic heterocycles. The van der Waals surface area contributed by atoms with Crippen molar-refractivity contribution in [2.75, 3.05) is 6.61 Å². The van der Waals surface area contributed by atoms with Crippen molar-refractivity contribution >= 4 is 49.7 Å². The summed E-state index contributed by atoms with van der Waals surface area (Å²) in [6, 6.07) is 20.7.